The molecule has 1 aromatic heterocycles. The largest absolute Gasteiger partial charge is 0.497 e. The zero-order valence-electron chi connectivity index (χ0n) is 9.42. The van der Waals surface area contributed by atoms with E-state index in [1.54, 1.807) is 31.4 Å². The van der Waals surface area contributed by atoms with Crippen molar-refractivity contribution in [3.05, 3.63) is 41.0 Å². The van der Waals surface area contributed by atoms with Crippen LogP contribution in [0.5, 0.6) is 5.75 Å². The van der Waals surface area contributed by atoms with Crippen LogP contribution in [0, 0.1) is 0 Å². The number of rotatable bonds is 3. The number of methoxy groups -OCH3 is 1. The second kappa shape index (κ2) is 5.01. The Morgan fingerprint density at radius 2 is 2.11 bits per heavy atom. The maximum atomic E-state index is 11.0. The molecule has 0 aliphatic carbocycles. The van der Waals surface area contributed by atoms with E-state index in [1.807, 2.05) is 0 Å². The smallest absolute Gasteiger partial charge is 0.338 e. The van der Waals surface area contributed by atoms with Gasteiger partial charge in [-0.2, -0.15) is 0 Å². The fraction of sp³-hybridized carbons (Fsp3) is 0.0833. The van der Waals surface area contributed by atoms with E-state index in [9.17, 15) is 4.79 Å². The first-order valence-electron chi connectivity index (χ1n) is 5.03. The minimum atomic E-state index is -1.14. The molecule has 1 N–H and O–H groups in total. The van der Waals surface area contributed by atoms with Crippen LogP contribution in [-0.4, -0.2) is 28.4 Å². The first-order chi connectivity index (χ1) is 8.61. The van der Waals surface area contributed by atoms with E-state index in [0.717, 1.165) is 0 Å². The van der Waals surface area contributed by atoms with Crippen molar-refractivity contribution in [1.29, 1.82) is 0 Å². The number of aromatic carboxylic acids is 1. The average Bonchev–Trinajstić information content (AvgIpc) is 2.39. The Kier molecular flexibility index (Phi) is 3.43. The summed E-state index contributed by atoms with van der Waals surface area (Å²) in [5, 5.41) is 16.3. The lowest BCUT2D eigenvalue weighted by Gasteiger charge is -2.04. The fourth-order valence-electron chi connectivity index (χ4n) is 1.45. The standard InChI is InChI=1S/C12H9ClN2O3/c1-18-8-4-2-3-7(5-8)10-6-9(12(16)17)11(13)15-14-10/h2-6H,1H3,(H,16,17). The third kappa shape index (κ3) is 2.41. The monoisotopic (exact) mass is 264 g/mol. The summed E-state index contributed by atoms with van der Waals surface area (Å²) >= 11 is 5.66. The molecule has 0 saturated carbocycles. The summed E-state index contributed by atoms with van der Waals surface area (Å²) in [6.45, 7) is 0. The third-order valence-corrected chi connectivity index (χ3v) is 2.62. The lowest BCUT2D eigenvalue weighted by Crippen LogP contribution is -2.01. The predicted molar refractivity (Wildman–Crippen MR) is 66.0 cm³/mol. The molecule has 92 valence electrons. The summed E-state index contributed by atoms with van der Waals surface area (Å²) in [5.74, 6) is -0.486. The summed E-state index contributed by atoms with van der Waals surface area (Å²) in [4.78, 5) is 11.0. The van der Waals surface area contributed by atoms with Gasteiger partial charge in [0.1, 0.15) is 11.3 Å². The van der Waals surface area contributed by atoms with Gasteiger partial charge in [-0.15, -0.1) is 10.2 Å². The van der Waals surface area contributed by atoms with Gasteiger partial charge in [-0.05, 0) is 18.2 Å². The molecule has 0 saturated heterocycles. The summed E-state index contributed by atoms with van der Waals surface area (Å²) in [6.07, 6.45) is 0. The Bertz CT molecular complexity index is 602. The minimum absolute atomic E-state index is 0.0792. The second-order valence-electron chi connectivity index (χ2n) is 3.47. The number of carboxylic acid groups (broad SMARTS) is 1. The number of carbonyl (C=O) groups is 1. The van der Waals surface area contributed by atoms with Crippen LogP contribution in [0.15, 0.2) is 30.3 Å². The molecule has 0 aliphatic heterocycles. The Balaban J connectivity index is 2.50. The van der Waals surface area contributed by atoms with Crippen molar-refractivity contribution in [2.75, 3.05) is 7.11 Å². The normalized spacial score (nSPS) is 10.1. The van der Waals surface area contributed by atoms with Gasteiger partial charge in [0.15, 0.2) is 5.15 Å². The van der Waals surface area contributed by atoms with Gasteiger partial charge in [0.2, 0.25) is 0 Å². The fourth-order valence-corrected chi connectivity index (χ4v) is 1.62. The Labute approximate surface area is 108 Å². The molecule has 2 aromatic rings. The summed E-state index contributed by atoms with van der Waals surface area (Å²) < 4.78 is 5.09. The van der Waals surface area contributed by atoms with E-state index in [4.69, 9.17) is 21.4 Å². The van der Waals surface area contributed by atoms with E-state index in [2.05, 4.69) is 10.2 Å². The first kappa shape index (κ1) is 12.3. The molecule has 0 amide bonds. The highest BCUT2D eigenvalue weighted by Crippen LogP contribution is 2.24. The zero-order valence-corrected chi connectivity index (χ0v) is 10.2. The van der Waals surface area contributed by atoms with Crippen molar-refractivity contribution in [3.63, 3.8) is 0 Å². The van der Waals surface area contributed by atoms with Crippen LogP contribution in [0.4, 0.5) is 0 Å². The van der Waals surface area contributed by atoms with Gasteiger partial charge in [0.25, 0.3) is 0 Å². The number of hydrogen-bond donors (Lipinski definition) is 1. The molecule has 2 rings (SSSR count). The van der Waals surface area contributed by atoms with Gasteiger partial charge in [-0.25, -0.2) is 4.79 Å². The molecule has 6 heteroatoms. The Hall–Kier alpha value is -2.14. The van der Waals surface area contributed by atoms with Gasteiger partial charge in [0, 0.05) is 5.56 Å². The SMILES string of the molecule is COc1cccc(-c2cc(C(=O)O)c(Cl)nn2)c1. The summed E-state index contributed by atoms with van der Waals surface area (Å²) in [7, 11) is 1.55. The van der Waals surface area contributed by atoms with Crippen molar-refractivity contribution >= 4 is 17.6 Å². The third-order valence-electron chi connectivity index (χ3n) is 2.34. The summed E-state index contributed by atoms with van der Waals surface area (Å²) in [6, 6.07) is 8.47. The van der Waals surface area contributed by atoms with Crippen LogP contribution in [0.3, 0.4) is 0 Å². The number of ether oxygens (including phenoxy) is 1. The van der Waals surface area contributed by atoms with Crippen LogP contribution < -0.4 is 4.74 Å². The number of aromatic nitrogens is 2. The van der Waals surface area contributed by atoms with Gasteiger partial charge in [-0.1, -0.05) is 23.7 Å². The number of benzene rings is 1. The highest BCUT2D eigenvalue weighted by Gasteiger charge is 2.13. The molecule has 0 aliphatic rings. The molecule has 0 bridgehead atoms. The molecule has 0 radical (unpaired) electrons. The van der Waals surface area contributed by atoms with Crippen molar-refractivity contribution in [2.45, 2.75) is 0 Å². The molecular weight excluding hydrogens is 256 g/mol. The number of nitrogens with zero attached hydrogens (tertiary/aromatic N) is 2. The second-order valence-corrected chi connectivity index (χ2v) is 3.83. The van der Waals surface area contributed by atoms with E-state index in [-0.39, 0.29) is 10.7 Å². The van der Waals surface area contributed by atoms with Gasteiger partial charge >= 0.3 is 5.97 Å². The highest BCUT2D eigenvalue weighted by atomic mass is 35.5. The number of carboxylic acids is 1. The van der Waals surface area contributed by atoms with Crippen LogP contribution in [0.2, 0.25) is 5.15 Å². The number of halogens is 1. The lowest BCUT2D eigenvalue weighted by atomic mass is 10.1. The maximum absolute atomic E-state index is 11.0. The molecule has 0 atom stereocenters. The van der Waals surface area contributed by atoms with E-state index in [0.29, 0.717) is 17.0 Å². The first-order valence-corrected chi connectivity index (χ1v) is 5.40. The molecular formula is C12H9ClN2O3. The predicted octanol–water partition coefficient (Wildman–Crippen LogP) is 2.50. The molecule has 0 fully saturated rings. The maximum Gasteiger partial charge on any atom is 0.338 e. The van der Waals surface area contributed by atoms with Crippen LogP contribution >= 0.6 is 11.6 Å². The van der Waals surface area contributed by atoms with Crippen LogP contribution in [-0.2, 0) is 0 Å². The molecule has 0 spiro atoms. The topological polar surface area (TPSA) is 72.3 Å². The molecule has 18 heavy (non-hydrogen) atoms. The van der Waals surface area contributed by atoms with Crippen LogP contribution in [0.1, 0.15) is 10.4 Å². The minimum Gasteiger partial charge on any atom is -0.497 e. The van der Waals surface area contributed by atoms with Crippen LogP contribution in [0.25, 0.3) is 11.3 Å². The van der Waals surface area contributed by atoms with E-state index < -0.39 is 5.97 Å². The quantitative estimate of drug-likeness (QED) is 0.922. The van der Waals surface area contributed by atoms with Gasteiger partial charge < -0.3 is 9.84 Å². The molecule has 1 aromatic carbocycles. The molecule has 5 nitrogen and oxygen atoms in total. The van der Waals surface area contributed by atoms with Gasteiger partial charge in [-0.3, -0.25) is 0 Å². The van der Waals surface area contributed by atoms with Crippen molar-refractivity contribution in [1.82, 2.24) is 10.2 Å². The van der Waals surface area contributed by atoms with E-state index >= 15 is 0 Å². The average molecular weight is 265 g/mol. The molecule has 0 unspecified atom stereocenters. The molecule has 1 heterocycles. The number of hydrogen-bond acceptors (Lipinski definition) is 4. The van der Waals surface area contributed by atoms with Gasteiger partial charge in [0.05, 0.1) is 12.8 Å². The van der Waals surface area contributed by atoms with Crippen molar-refractivity contribution in [3.8, 4) is 17.0 Å². The highest BCUT2D eigenvalue weighted by molar-refractivity contribution is 6.32. The Morgan fingerprint density at radius 1 is 1.33 bits per heavy atom. The lowest BCUT2D eigenvalue weighted by molar-refractivity contribution is 0.0696. The Morgan fingerprint density at radius 3 is 2.78 bits per heavy atom. The van der Waals surface area contributed by atoms with Crippen molar-refractivity contribution in [2.24, 2.45) is 0 Å². The van der Waals surface area contributed by atoms with E-state index in [1.165, 1.54) is 6.07 Å². The summed E-state index contributed by atoms with van der Waals surface area (Å²) in [5.41, 5.74) is 1.06. The zero-order chi connectivity index (χ0) is 13.1. The van der Waals surface area contributed by atoms with Crippen molar-refractivity contribution < 1.29 is 14.6 Å².